The second-order valence-corrected chi connectivity index (χ2v) is 6.73. The summed E-state index contributed by atoms with van der Waals surface area (Å²) in [5.74, 6) is 0.810. The smallest absolute Gasteiger partial charge is 0.223 e. The van der Waals surface area contributed by atoms with Gasteiger partial charge < -0.3 is 4.90 Å². The lowest BCUT2D eigenvalue weighted by atomic mass is 10.0. The Morgan fingerprint density at radius 2 is 2.04 bits per heavy atom. The summed E-state index contributed by atoms with van der Waals surface area (Å²) in [5, 5.41) is 7.21. The fourth-order valence-corrected chi connectivity index (χ4v) is 3.63. The standard InChI is InChI=1S/C19H25N3O/c1-13-11-18(16-7-5-4-6-8-16)22(12-13)19(23)10-9-17-14(2)20-21-15(17)3/h4-8,13,18H,9-12H2,1-3H3,(H,20,21). The van der Waals surface area contributed by atoms with Gasteiger partial charge in [0.25, 0.3) is 0 Å². The molecular weight excluding hydrogens is 286 g/mol. The first-order valence-corrected chi connectivity index (χ1v) is 8.41. The number of benzene rings is 1. The number of carbonyl (C=O) groups excluding carboxylic acids is 1. The van der Waals surface area contributed by atoms with Crippen molar-refractivity contribution in [3.05, 3.63) is 52.8 Å². The minimum atomic E-state index is 0.227. The SMILES string of the molecule is Cc1n[nH]c(C)c1CCC(=O)N1CC(C)CC1c1ccccc1. The van der Waals surface area contributed by atoms with Crippen molar-refractivity contribution in [1.82, 2.24) is 15.1 Å². The number of carbonyl (C=O) groups is 1. The normalized spacial score (nSPS) is 20.9. The summed E-state index contributed by atoms with van der Waals surface area (Å²) in [6.07, 6.45) is 2.37. The number of hydrogen-bond donors (Lipinski definition) is 1. The molecule has 122 valence electrons. The molecule has 1 aliphatic heterocycles. The number of rotatable bonds is 4. The summed E-state index contributed by atoms with van der Waals surface area (Å²) in [7, 11) is 0. The number of aromatic amines is 1. The Bertz CT molecular complexity index is 658. The quantitative estimate of drug-likeness (QED) is 0.938. The zero-order valence-electron chi connectivity index (χ0n) is 14.2. The maximum Gasteiger partial charge on any atom is 0.223 e. The van der Waals surface area contributed by atoms with Gasteiger partial charge in [-0.1, -0.05) is 37.3 Å². The molecule has 23 heavy (non-hydrogen) atoms. The monoisotopic (exact) mass is 311 g/mol. The van der Waals surface area contributed by atoms with Gasteiger partial charge in [-0.15, -0.1) is 0 Å². The van der Waals surface area contributed by atoms with E-state index in [1.54, 1.807) is 0 Å². The van der Waals surface area contributed by atoms with Crippen LogP contribution in [0.3, 0.4) is 0 Å². The van der Waals surface area contributed by atoms with Gasteiger partial charge in [-0.3, -0.25) is 9.89 Å². The van der Waals surface area contributed by atoms with Crippen LogP contribution in [0.2, 0.25) is 0 Å². The third kappa shape index (κ3) is 3.31. The van der Waals surface area contributed by atoms with Gasteiger partial charge in [0.05, 0.1) is 11.7 Å². The van der Waals surface area contributed by atoms with Crippen LogP contribution in [0.25, 0.3) is 0 Å². The van der Waals surface area contributed by atoms with Gasteiger partial charge in [-0.2, -0.15) is 5.10 Å². The summed E-state index contributed by atoms with van der Waals surface area (Å²) < 4.78 is 0. The number of likely N-dealkylation sites (tertiary alicyclic amines) is 1. The van der Waals surface area contributed by atoms with Gasteiger partial charge >= 0.3 is 0 Å². The highest BCUT2D eigenvalue weighted by Crippen LogP contribution is 2.35. The van der Waals surface area contributed by atoms with Crippen molar-refractivity contribution in [2.75, 3.05) is 6.54 Å². The molecule has 2 aromatic rings. The average molecular weight is 311 g/mol. The number of H-pyrrole nitrogens is 1. The van der Waals surface area contributed by atoms with E-state index >= 15 is 0 Å². The van der Waals surface area contributed by atoms with Crippen LogP contribution in [0.1, 0.15) is 48.3 Å². The molecule has 3 rings (SSSR count). The van der Waals surface area contributed by atoms with E-state index in [4.69, 9.17) is 0 Å². The van der Waals surface area contributed by atoms with Crippen LogP contribution in [0, 0.1) is 19.8 Å². The van der Waals surface area contributed by atoms with Crippen LogP contribution in [0.15, 0.2) is 30.3 Å². The van der Waals surface area contributed by atoms with E-state index in [1.165, 1.54) is 11.1 Å². The Labute approximate surface area is 137 Å². The average Bonchev–Trinajstić information content (AvgIpc) is 3.09. The second kappa shape index (κ2) is 6.57. The molecule has 1 amide bonds. The lowest BCUT2D eigenvalue weighted by molar-refractivity contribution is -0.132. The lowest BCUT2D eigenvalue weighted by Gasteiger charge is -2.25. The molecule has 4 heteroatoms. The van der Waals surface area contributed by atoms with Crippen molar-refractivity contribution in [2.45, 2.75) is 46.1 Å². The molecule has 0 bridgehead atoms. The highest BCUT2D eigenvalue weighted by Gasteiger charge is 2.33. The number of aryl methyl sites for hydroxylation is 2. The Morgan fingerprint density at radius 3 is 2.70 bits per heavy atom. The van der Waals surface area contributed by atoms with Crippen LogP contribution < -0.4 is 0 Å². The van der Waals surface area contributed by atoms with E-state index in [2.05, 4.69) is 46.3 Å². The van der Waals surface area contributed by atoms with Crippen molar-refractivity contribution < 1.29 is 4.79 Å². The topological polar surface area (TPSA) is 49.0 Å². The van der Waals surface area contributed by atoms with E-state index in [1.807, 2.05) is 19.9 Å². The molecule has 2 heterocycles. The fraction of sp³-hybridized carbons (Fsp3) is 0.474. The Kier molecular flexibility index (Phi) is 4.51. The molecule has 1 N–H and O–H groups in total. The molecule has 1 aliphatic rings. The van der Waals surface area contributed by atoms with Crippen molar-refractivity contribution in [3.63, 3.8) is 0 Å². The third-order valence-corrected chi connectivity index (χ3v) is 4.88. The molecule has 1 saturated heterocycles. The molecule has 0 saturated carbocycles. The minimum absolute atomic E-state index is 0.227. The Balaban J connectivity index is 1.70. The van der Waals surface area contributed by atoms with Crippen LogP contribution >= 0.6 is 0 Å². The number of hydrogen-bond acceptors (Lipinski definition) is 2. The second-order valence-electron chi connectivity index (χ2n) is 6.73. The number of nitrogens with zero attached hydrogens (tertiary/aromatic N) is 2. The van der Waals surface area contributed by atoms with Gasteiger partial charge in [-0.05, 0) is 43.7 Å². The summed E-state index contributed by atoms with van der Waals surface area (Å²) in [5.41, 5.74) is 4.51. The molecule has 0 radical (unpaired) electrons. The van der Waals surface area contributed by atoms with Crippen LogP contribution in [0.4, 0.5) is 0 Å². The van der Waals surface area contributed by atoms with Crippen molar-refractivity contribution in [1.29, 1.82) is 0 Å². The van der Waals surface area contributed by atoms with Crippen molar-refractivity contribution >= 4 is 5.91 Å². The van der Waals surface area contributed by atoms with Crippen molar-refractivity contribution in [2.24, 2.45) is 5.92 Å². The first kappa shape index (κ1) is 15.8. The van der Waals surface area contributed by atoms with E-state index < -0.39 is 0 Å². The van der Waals surface area contributed by atoms with Crippen LogP contribution in [0.5, 0.6) is 0 Å². The molecule has 1 aromatic heterocycles. The molecule has 0 spiro atoms. The molecule has 4 nitrogen and oxygen atoms in total. The van der Waals surface area contributed by atoms with Crippen LogP contribution in [-0.2, 0) is 11.2 Å². The summed E-state index contributed by atoms with van der Waals surface area (Å²) in [4.78, 5) is 14.9. The lowest BCUT2D eigenvalue weighted by Crippen LogP contribution is -2.31. The largest absolute Gasteiger partial charge is 0.335 e. The predicted molar refractivity (Wildman–Crippen MR) is 91.1 cm³/mol. The van der Waals surface area contributed by atoms with Gasteiger partial charge in [0.2, 0.25) is 5.91 Å². The maximum absolute atomic E-state index is 12.8. The summed E-state index contributed by atoms with van der Waals surface area (Å²) in [6, 6.07) is 10.6. The number of nitrogens with one attached hydrogen (secondary N) is 1. The Morgan fingerprint density at radius 1 is 1.30 bits per heavy atom. The first-order valence-electron chi connectivity index (χ1n) is 8.41. The van der Waals surface area contributed by atoms with Crippen molar-refractivity contribution in [3.8, 4) is 0 Å². The summed E-state index contributed by atoms with van der Waals surface area (Å²) in [6.45, 7) is 7.11. The van der Waals surface area contributed by atoms with Crippen LogP contribution in [-0.4, -0.2) is 27.5 Å². The zero-order valence-corrected chi connectivity index (χ0v) is 14.2. The molecule has 1 fully saturated rings. The molecule has 0 aliphatic carbocycles. The van der Waals surface area contributed by atoms with E-state index in [0.717, 1.165) is 30.8 Å². The van der Waals surface area contributed by atoms with E-state index in [-0.39, 0.29) is 11.9 Å². The van der Waals surface area contributed by atoms with Gasteiger partial charge in [0.1, 0.15) is 0 Å². The highest BCUT2D eigenvalue weighted by atomic mass is 16.2. The first-order chi connectivity index (χ1) is 11.1. The van der Waals surface area contributed by atoms with Gasteiger partial charge in [0.15, 0.2) is 0 Å². The summed E-state index contributed by atoms with van der Waals surface area (Å²) >= 11 is 0. The van der Waals surface area contributed by atoms with Gasteiger partial charge in [0, 0.05) is 18.7 Å². The fourth-order valence-electron chi connectivity index (χ4n) is 3.63. The van der Waals surface area contributed by atoms with E-state index in [9.17, 15) is 4.79 Å². The van der Waals surface area contributed by atoms with Gasteiger partial charge in [-0.25, -0.2) is 0 Å². The molecule has 2 atom stereocenters. The third-order valence-electron chi connectivity index (χ3n) is 4.88. The number of aromatic nitrogens is 2. The predicted octanol–water partition coefficient (Wildman–Crippen LogP) is 3.57. The molecule has 1 aromatic carbocycles. The zero-order chi connectivity index (χ0) is 16.4. The number of amides is 1. The Hall–Kier alpha value is -2.10. The maximum atomic E-state index is 12.8. The van der Waals surface area contributed by atoms with E-state index in [0.29, 0.717) is 12.3 Å². The molecule has 2 unspecified atom stereocenters. The molecular formula is C19H25N3O. The highest BCUT2D eigenvalue weighted by molar-refractivity contribution is 5.77. The minimum Gasteiger partial charge on any atom is -0.335 e.